The first-order valence-corrected chi connectivity index (χ1v) is 11.4. The summed E-state index contributed by atoms with van der Waals surface area (Å²) in [6.45, 7) is 5.51. The second kappa shape index (κ2) is 8.96. The molecule has 2 heterocycles. The normalized spacial score (nSPS) is 12.6. The van der Waals surface area contributed by atoms with E-state index in [0.717, 1.165) is 32.6 Å². The van der Waals surface area contributed by atoms with E-state index >= 15 is 0 Å². The van der Waals surface area contributed by atoms with Crippen molar-refractivity contribution in [2.45, 2.75) is 32.4 Å². The lowest BCUT2D eigenvalue weighted by atomic mass is 10.0. The van der Waals surface area contributed by atoms with E-state index < -0.39 is 17.7 Å². The molecule has 2 aromatic carbocycles. The van der Waals surface area contributed by atoms with Gasteiger partial charge in [-0.05, 0) is 45.0 Å². The minimum atomic E-state index is -0.631. The zero-order valence-corrected chi connectivity index (χ0v) is 20.3. The van der Waals surface area contributed by atoms with Gasteiger partial charge >= 0.3 is 6.09 Å². The second-order valence-electron chi connectivity index (χ2n) is 8.81. The zero-order valence-electron chi connectivity index (χ0n) is 18.5. The third-order valence-electron chi connectivity index (χ3n) is 5.13. The van der Waals surface area contributed by atoms with Crippen LogP contribution in [0.15, 0.2) is 48.8 Å². The molecule has 4 rings (SSSR count). The van der Waals surface area contributed by atoms with E-state index in [0.29, 0.717) is 10.6 Å². The Morgan fingerprint density at radius 1 is 1.06 bits per heavy atom. The molecule has 0 saturated heterocycles. The van der Waals surface area contributed by atoms with Crippen LogP contribution in [-0.4, -0.2) is 44.4 Å². The molecule has 169 valence electrons. The molecule has 0 aliphatic carbocycles. The van der Waals surface area contributed by atoms with Crippen molar-refractivity contribution in [2.24, 2.45) is 0 Å². The van der Waals surface area contributed by atoms with Gasteiger partial charge in [0.2, 0.25) is 0 Å². The highest BCUT2D eigenvalue weighted by molar-refractivity contribution is 6.33. The van der Waals surface area contributed by atoms with E-state index in [-0.39, 0.29) is 12.5 Å². The molecule has 0 saturated carbocycles. The van der Waals surface area contributed by atoms with Crippen molar-refractivity contribution in [1.29, 1.82) is 0 Å². The van der Waals surface area contributed by atoms with Crippen molar-refractivity contribution >= 4 is 60.8 Å². The third-order valence-corrected chi connectivity index (χ3v) is 5.68. The van der Waals surface area contributed by atoms with Crippen LogP contribution in [0.4, 0.5) is 4.79 Å². The van der Waals surface area contributed by atoms with Crippen molar-refractivity contribution in [2.75, 3.05) is 6.54 Å². The largest absolute Gasteiger partial charge is 0.444 e. The molecule has 4 aromatic rings. The number of ether oxygens (including phenoxy) is 1. The number of hydrogen-bond acceptors (Lipinski definition) is 3. The Bertz CT molecular complexity index is 1340. The lowest BCUT2D eigenvalue weighted by Crippen LogP contribution is -2.40. The van der Waals surface area contributed by atoms with Gasteiger partial charge in [0.25, 0.3) is 5.91 Å². The number of benzene rings is 2. The van der Waals surface area contributed by atoms with E-state index in [1.807, 2.05) is 36.5 Å². The quantitative estimate of drug-likeness (QED) is 0.324. The Morgan fingerprint density at radius 3 is 2.52 bits per heavy atom. The van der Waals surface area contributed by atoms with Crippen molar-refractivity contribution in [3.8, 4) is 0 Å². The number of rotatable bonds is 5. The van der Waals surface area contributed by atoms with Crippen LogP contribution in [0.2, 0.25) is 5.02 Å². The van der Waals surface area contributed by atoms with Gasteiger partial charge in [0.05, 0.1) is 21.8 Å². The fourth-order valence-corrected chi connectivity index (χ4v) is 4.09. The summed E-state index contributed by atoms with van der Waals surface area (Å²) in [5.41, 5.74) is 2.41. The standard InChI is InChI=1S/C24H24ClN4O3Si/c1-24(2,3)32-23(31)28-12-21(17-10-26-19-6-4-13(25)8-15(17)19)29-22(30)18-11-27-20-7-5-14(33)9-16(18)20/h4-11,21,26-27H,12H2,1-3H3,(H,28,31)(H,29,30). The van der Waals surface area contributed by atoms with E-state index in [1.165, 1.54) is 0 Å². The van der Waals surface area contributed by atoms with Gasteiger partial charge in [-0.25, -0.2) is 4.79 Å². The minimum absolute atomic E-state index is 0.131. The number of hydrogen-bond donors (Lipinski definition) is 4. The SMILES string of the molecule is CC(C)(C)OC(=O)NCC(NC(=O)c1c[nH]c2ccc([Si])cc12)c1c[nH]c2ccc(Cl)cc12. The summed E-state index contributed by atoms with van der Waals surface area (Å²) >= 11 is 6.22. The number of alkyl carbamates (subject to hydrolysis) is 1. The smallest absolute Gasteiger partial charge is 0.407 e. The van der Waals surface area contributed by atoms with Gasteiger partial charge < -0.3 is 25.3 Å². The Labute approximate surface area is 199 Å². The Balaban J connectivity index is 1.64. The number of aromatic amines is 2. The molecule has 4 N–H and O–H groups in total. The van der Waals surface area contributed by atoms with Gasteiger partial charge in [0.1, 0.15) is 5.60 Å². The Kier molecular flexibility index (Phi) is 6.23. The van der Waals surface area contributed by atoms with Crippen LogP contribution >= 0.6 is 11.6 Å². The topological polar surface area (TPSA) is 99.0 Å². The van der Waals surface area contributed by atoms with Crippen molar-refractivity contribution in [3.63, 3.8) is 0 Å². The van der Waals surface area contributed by atoms with Crippen LogP contribution < -0.4 is 15.8 Å². The predicted octanol–water partition coefficient (Wildman–Crippen LogP) is 4.09. The van der Waals surface area contributed by atoms with Crippen molar-refractivity contribution in [1.82, 2.24) is 20.6 Å². The monoisotopic (exact) mass is 479 g/mol. The van der Waals surface area contributed by atoms with Crippen LogP contribution in [0.1, 0.15) is 42.7 Å². The predicted molar refractivity (Wildman–Crippen MR) is 131 cm³/mol. The Morgan fingerprint density at radius 2 is 1.76 bits per heavy atom. The molecule has 1 unspecified atom stereocenters. The van der Waals surface area contributed by atoms with Gasteiger partial charge in [0, 0.05) is 51.3 Å². The van der Waals surface area contributed by atoms with Crippen LogP contribution in [-0.2, 0) is 4.74 Å². The number of aromatic nitrogens is 2. The first-order chi connectivity index (χ1) is 15.6. The first-order valence-electron chi connectivity index (χ1n) is 10.5. The second-order valence-corrected chi connectivity index (χ2v) is 9.82. The molecule has 0 spiro atoms. The van der Waals surface area contributed by atoms with E-state index in [1.54, 1.807) is 33.0 Å². The van der Waals surface area contributed by atoms with Crippen LogP contribution in [0, 0.1) is 0 Å². The zero-order chi connectivity index (χ0) is 23.8. The molecule has 9 heteroatoms. The lowest BCUT2D eigenvalue weighted by Gasteiger charge is -2.22. The molecule has 1 atom stereocenters. The maximum atomic E-state index is 13.3. The summed E-state index contributed by atoms with van der Waals surface area (Å²) in [7, 11) is 3.51. The van der Waals surface area contributed by atoms with Gasteiger partial charge in [-0.1, -0.05) is 28.9 Å². The third kappa shape index (κ3) is 5.23. The van der Waals surface area contributed by atoms with E-state index in [2.05, 4.69) is 30.8 Å². The minimum Gasteiger partial charge on any atom is -0.444 e. The number of halogens is 1. The fourth-order valence-electron chi connectivity index (χ4n) is 3.69. The molecule has 0 aliphatic rings. The molecular formula is C24H24ClN4O3Si. The number of carbonyl (C=O) groups excluding carboxylic acids is 2. The van der Waals surface area contributed by atoms with Crippen molar-refractivity contribution < 1.29 is 14.3 Å². The maximum Gasteiger partial charge on any atom is 0.407 e. The maximum absolute atomic E-state index is 13.3. The molecule has 7 nitrogen and oxygen atoms in total. The highest BCUT2D eigenvalue weighted by Gasteiger charge is 2.23. The van der Waals surface area contributed by atoms with E-state index in [9.17, 15) is 9.59 Å². The summed E-state index contributed by atoms with van der Waals surface area (Å²) < 4.78 is 5.36. The van der Waals surface area contributed by atoms with Crippen molar-refractivity contribution in [3.05, 3.63) is 64.9 Å². The molecule has 0 aliphatic heterocycles. The molecule has 33 heavy (non-hydrogen) atoms. The first kappa shape index (κ1) is 22.9. The number of H-pyrrole nitrogens is 2. The summed E-state index contributed by atoms with van der Waals surface area (Å²) in [5.74, 6) is -0.272. The molecule has 0 bridgehead atoms. The number of nitrogens with one attached hydrogen (secondary N) is 4. The average Bonchev–Trinajstić information content (AvgIpc) is 3.33. The summed E-state index contributed by atoms with van der Waals surface area (Å²) in [5, 5.41) is 8.92. The molecular weight excluding hydrogens is 456 g/mol. The summed E-state index contributed by atoms with van der Waals surface area (Å²) in [4.78, 5) is 31.9. The summed E-state index contributed by atoms with van der Waals surface area (Å²) in [6.07, 6.45) is 2.93. The lowest BCUT2D eigenvalue weighted by molar-refractivity contribution is 0.0520. The fraction of sp³-hybridized carbons (Fsp3) is 0.250. The van der Waals surface area contributed by atoms with Gasteiger partial charge in [0.15, 0.2) is 0 Å². The van der Waals surface area contributed by atoms with Gasteiger partial charge in [-0.3, -0.25) is 4.79 Å². The summed E-state index contributed by atoms with van der Waals surface area (Å²) in [6, 6.07) is 10.7. The van der Waals surface area contributed by atoms with Gasteiger partial charge in [-0.15, -0.1) is 0 Å². The number of amides is 2. The molecule has 2 aromatic heterocycles. The highest BCUT2D eigenvalue weighted by Crippen LogP contribution is 2.27. The Hall–Kier alpha value is -3.23. The van der Waals surface area contributed by atoms with Crippen LogP contribution in [0.25, 0.3) is 21.8 Å². The van der Waals surface area contributed by atoms with E-state index in [4.69, 9.17) is 16.3 Å². The van der Waals surface area contributed by atoms with Gasteiger partial charge in [-0.2, -0.15) is 0 Å². The molecule has 2 amide bonds. The number of fused-ring (bicyclic) bond motifs is 2. The average molecular weight is 480 g/mol. The molecule has 0 fully saturated rings. The number of carbonyl (C=O) groups is 2. The molecule has 3 radical (unpaired) electrons. The highest BCUT2D eigenvalue weighted by atomic mass is 35.5. The van der Waals surface area contributed by atoms with Crippen LogP contribution in [0.3, 0.4) is 0 Å². The van der Waals surface area contributed by atoms with Crippen LogP contribution in [0.5, 0.6) is 0 Å².